The van der Waals surface area contributed by atoms with Crippen LogP contribution >= 0.6 is 11.6 Å². The standard InChI is InChI=1S/C25H30ClN3O3/c26-21-10-8-19(9-11-21)18-27-13-4-15-29(25(27)32)23-7-3-5-20(17-23)24(31)28-14-2-1-6-22(28)12-16-30/h3,5,7-11,17,22,30H,1-2,4,6,12-16,18H2/t22-/m0/s1. The van der Waals surface area contributed by atoms with Crippen molar-refractivity contribution in [1.29, 1.82) is 0 Å². The highest BCUT2D eigenvalue weighted by Crippen LogP contribution is 2.26. The molecule has 2 aromatic carbocycles. The van der Waals surface area contributed by atoms with Gasteiger partial charge < -0.3 is 14.9 Å². The van der Waals surface area contributed by atoms with Gasteiger partial charge in [-0.05, 0) is 68.0 Å². The number of likely N-dealkylation sites (tertiary alicyclic amines) is 1. The van der Waals surface area contributed by atoms with Crippen LogP contribution in [0.5, 0.6) is 0 Å². The molecule has 0 radical (unpaired) electrons. The Morgan fingerprint density at radius 3 is 2.62 bits per heavy atom. The van der Waals surface area contributed by atoms with Gasteiger partial charge in [-0.1, -0.05) is 29.8 Å². The normalized spacial score (nSPS) is 19.4. The van der Waals surface area contributed by atoms with Crippen molar-refractivity contribution in [3.63, 3.8) is 0 Å². The summed E-state index contributed by atoms with van der Waals surface area (Å²) in [6.45, 7) is 2.66. The molecule has 32 heavy (non-hydrogen) atoms. The zero-order valence-corrected chi connectivity index (χ0v) is 19.0. The molecule has 170 valence electrons. The Balaban J connectivity index is 1.49. The van der Waals surface area contributed by atoms with Gasteiger partial charge in [-0.2, -0.15) is 0 Å². The fourth-order valence-electron chi connectivity index (χ4n) is 4.67. The van der Waals surface area contributed by atoms with E-state index in [1.807, 2.05) is 58.3 Å². The van der Waals surface area contributed by atoms with Crippen molar-refractivity contribution >= 4 is 29.2 Å². The lowest BCUT2D eigenvalue weighted by atomic mass is 9.98. The molecule has 2 aliphatic rings. The summed E-state index contributed by atoms with van der Waals surface area (Å²) in [7, 11) is 0. The number of hydrogen-bond donors (Lipinski definition) is 1. The summed E-state index contributed by atoms with van der Waals surface area (Å²) in [6.07, 6.45) is 4.46. The molecule has 2 fully saturated rings. The Kier molecular flexibility index (Phi) is 7.33. The third-order valence-electron chi connectivity index (χ3n) is 6.35. The Labute approximate surface area is 194 Å². The Bertz CT molecular complexity index is 948. The number of halogens is 1. The lowest BCUT2D eigenvalue weighted by Gasteiger charge is -2.37. The van der Waals surface area contributed by atoms with Gasteiger partial charge in [0, 0.05) is 55.1 Å². The van der Waals surface area contributed by atoms with Gasteiger partial charge in [0.15, 0.2) is 0 Å². The number of hydrogen-bond acceptors (Lipinski definition) is 3. The number of urea groups is 1. The molecule has 1 atom stereocenters. The molecule has 0 saturated carbocycles. The molecule has 2 saturated heterocycles. The SMILES string of the molecule is O=C1N(Cc2ccc(Cl)cc2)CCCN1c1cccc(C(=O)N2CCCC[C@H]2CCO)c1. The molecule has 2 heterocycles. The molecule has 7 heteroatoms. The number of nitrogens with zero attached hydrogens (tertiary/aromatic N) is 3. The number of aliphatic hydroxyl groups is 1. The van der Waals surface area contributed by atoms with E-state index in [0.717, 1.165) is 36.9 Å². The molecular weight excluding hydrogens is 426 g/mol. The van der Waals surface area contributed by atoms with Crippen molar-refractivity contribution in [3.05, 3.63) is 64.7 Å². The summed E-state index contributed by atoms with van der Waals surface area (Å²) in [5.74, 6) is -0.0209. The van der Waals surface area contributed by atoms with Crippen molar-refractivity contribution in [2.75, 3.05) is 31.1 Å². The molecule has 6 nitrogen and oxygen atoms in total. The molecule has 3 amide bonds. The van der Waals surface area contributed by atoms with E-state index in [4.69, 9.17) is 11.6 Å². The smallest absolute Gasteiger partial charge is 0.324 e. The van der Waals surface area contributed by atoms with Crippen molar-refractivity contribution in [2.24, 2.45) is 0 Å². The molecule has 0 aromatic heterocycles. The third kappa shape index (κ3) is 5.08. The highest BCUT2D eigenvalue weighted by molar-refractivity contribution is 6.30. The number of benzene rings is 2. The highest BCUT2D eigenvalue weighted by Gasteiger charge is 2.29. The lowest BCUT2D eigenvalue weighted by molar-refractivity contribution is 0.0574. The van der Waals surface area contributed by atoms with Gasteiger partial charge in [-0.3, -0.25) is 9.69 Å². The zero-order chi connectivity index (χ0) is 22.5. The number of anilines is 1. The first-order valence-corrected chi connectivity index (χ1v) is 11.8. The largest absolute Gasteiger partial charge is 0.396 e. The number of piperidine rings is 1. The van der Waals surface area contributed by atoms with E-state index >= 15 is 0 Å². The fraction of sp³-hybridized carbons (Fsp3) is 0.440. The molecular formula is C25H30ClN3O3. The predicted octanol–water partition coefficient (Wildman–Crippen LogP) is 4.55. The molecule has 0 unspecified atom stereocenters. The van der Waals surface area contributed by atoms with Gasteiger partial charge >= 0.3 is 6.03 Å². The average Bonchev–Trinajstić information content (AvgIpc) is 2.82. The lowest BCUT2D eigenvalue weighted by Crippen LogP contribution is -2.49. The van der Waals surface area contributed by atoms with E-state index < -0.39 is 0 Å². The summed E-state index contributed by atoms with van der Waals surface area (Å²) in [5.41, 5.74) is 2.38. The van der Waals surface area contributed by atoms with Crippen LogP contribution in [0.3, 0.4) is 0 Å². The summed E-state index contributed by atoms with van der Waals surface area (Å²) < 4.78 is 0. The minimum Gasteiger partial charge on any atom is -0.396 e. The molecule has 0 spiro atoms. The van der Waals surface area contributed by atoms with Crippen LogP contribution < -0.4 is 4.90 Å². The maximum atomic E-state index is 13.3. The van der Waals surface area contributed by atoms with Crippen LogP contribution in [0.1, 0.15) is 48.0 Å². The number of amides is 3. The monoisotopic (exact) mass is 455 g/mol. The van der Waals surface area contributed by atoms with Gasteiger partial charge in [0.25, 0.3) is 5.91 Å². The van der Waals surface area contributed by atoms with Crippen molar-refractivity contribution in [1.82, 2.24) is 9.80 Å². The molecule has 0 aliphatic carbocycles. The fourth-order valence-corrected chi connectivity index (χ4v) is 4.79. The first-order valence-electron chi connectivity index (χ1n) is 11.4. The van der Waals surface area contributed by atoms with Gasteiger partial charge in [-0.15, -0.1) is 0 Å². The second-order valence-corrected chi connectivity index (χ2v) is 8.98. The average molecular weight is 456 g/mol. The van der Waals surface area contributed by atoms with E-state index in [0.29, 0.717) is 43.2 Å². The maximum Gasteiger partial charge on any atom is 0.324 e. The van der Waals surface area contributed by atoms with Crippen molar-refractivity contribution in [2.45, 2.75) is 44.7 Å². The summed E-state index contributed by atoms with van der Waals surface area (Å²) in [4.78, 5) is 32.0. The summed E-state index contributed by atoms with van der Waals surface area (Å²) in [5, 5.41) is 10.1. The van der Waals surface area contributed by atoms with Crippen molar-refractivity contribution < 1.29 is 14.7 Å². The first kappa shape index (κ1) is 22.6. The van der Waals surface area contributed by atoms with Gasteiger partial charge in [0.2, 0.25) is 0 Å². The van der Waals surface area contributed by atoms with E-state index in [-0.39, 0.29) is 24.6 Å². The molecule has 0 bridgehead atoms. The number of aliphatic hydroxyl groups excluding tert-OH is 1. The van der Waals surface area contributed by atoms with Gasteiger partial charge in [0.1, 0.15) is 0 Å². The Morgan fingerprint density at radius 2 is 1.84 bits per heavy atom. The second kappa shape index (κ2) is 10.4. The van der Waals surface area contributed by atoms with Crippen LogP contribution in [0.2, 0.25) is 5.02 Å². The highest BCUT2D eigenvalue weighted by atomic mass is 35.5. The summed E-state index contributed by atoms with van der Waals surface area (Å²) >= 11 is 5.98. The molecule has 1 N–H and O–H groups in total. The Morgan fingerprint density at radius 1 is 1.03 bits per heavy atom. The topological polar surface area (TPSA) is 64.1 Å². The van der Waals surface area contributed by atoms with Crippen LogP contribution in [-0.2, 0) is 6.54 Å². The molecule has 2 aromatic rings. The maximum absolute atomic E-state index is 13.3. The molecule has 2 aliphatic heterocycles. The first-order chi connectivity index (χ1) is 15.6. The van der Waals surface area contributed by atoms with Crippen molar-refractivity contribution in [3.8, 4) is 0 Å². The van der Waals surface area contributed by atoms with Crippen LogP contribution in [0.4, 0.5) is 10.5 Å². The van der Waals surface area contributed by atoms with Crippen LogP contribution in [0.15, 0.2) is 48.5 Å². The minimum atomic E-state index is -0.0491. The minimum absolute atomic E-state index is 0.0209. The number of carbonyl (C=O) groups is 2. The third-order valence-corrected chi connectivity index (χ3v) is 6.60. The van der Waals surface area contributed by atoms with E-state index in [9.17, 15) is 14.7 Å². The van der Waals surface area contributed by atoms with E-state index in [1.165, 1.54) is 0 Å². The molecule has 4 rings (SSSR count). The van der Waals surface area contributed by atoms with E-state index in [1.54, 1.807) is 4.90 Å². The van der Waals surface area contributed by atoms with Crippen LogP contribution in [0, 0.1) is 0 Å². The number of rotatable bonds is 6. The Hall–Kier alpha value is -2.57. The quantitative estimate of drug-likeness (QED) is 0.695. The zero-order valence-electron chi connectivity index (χ0n) is 18.3. The van der Waals surface area contributed by atoms with Crippen LogP contribution in [0.25, 0.3) is 0 Å². The van der Waals surface area contributed by atoms with Gasteiger partial charge in [0.05, 0.1) is 0 Å². The van der Waals surface area contributed by atoms with E-state index in [2.05, 4.69) is 0 Å². The number of carbonyl (C=O) groups excluding carboxylic acids is 2. The summed E-state index contributed by atoms with van der Waals surface area (Å²) in [6, 6.07) is 15.0. The van der Waals surface area contributed by atoms with Gasteiger partial charge in [-0.25, -0.2) is 4.79 Å². The predicted molar refractivity (Wildman–Crippen MR) is 126 cm³/mol. The van der Waals surface area contributed by atoms with Crippen LogP contribution in [-0.4, -0.2) is 59.1 Å². The second-order valence-electron chi connectivity index (χ2n) is 8.55.